The summed E-state index contributed by atoms with van der Waals surface area (Å²) in [7, 11) is 0. The van der Waals surface area contributed by atoms with E-state index in [1.165, 1.54) is 11.6 Å². The second-order valence-corrected chi connectivity index (χ2v) is 3.77. The molecule has 15 heavy (non-hydrogen) atoms. The Bertz CT molecular complexity index is 367. The van der Waals surface area contributed by atoms with Crippen LogP contribution in [0.4, 0.5) is 5.69 Å². The number of allylic oxidation sites excluding steroid dienone is 1. The molecule has 1 N–H and O–H groups in total. The summed E-state index contributed by atoms with van der Waals surface area (Å²) in [6.07, 6.45) is 3.24. The van der Waals surface area contributed by atoms with Crippen LogP contribution in [-0.2, 0) is 4.79 Å². The zero-order chi connectivity index (χ0) is 11.3. The van der Waals surface area contributed by atoms with Crippen LogP contribution in [0, 0.1) is 0 Å². The van der Waals surface area contributed by atoms with Gasteiger partial charge in [0.1, 0.15) is 0 Å². The molecule has 0 spiro atoms. The lowest BCUT2D eigenvalue weighted by molar-refractivity contribution is -0.111. The van der Waals surface area contributed by atoms with E-state index in [1.54, 1.807) is 6.08 Å². The maximum atomic E-state index is 11.3. The molecule has 0 saturated carbocycles. The number of hydrogen-bond acceptors (Lipinski definition) is 1. The Morgan fingerprint density at radius 3 is 2.73 bits per heavy atom. The first-order chi connectivity index (χ1) is 7.13. The molecule has 2 heteroatoms. The Balaban J connectivity index is 2.78. The topological polar surface area (TPSA) is 29.1 Å². The van der Waals surface area contributed by atoms with Crippen LogP contribution >= 0.6 is 0 Å². The third-order valence-electron chi connectivity index (χ3n) is 2.14. The molecule has 1 aromatic rings. The molecule has 0 aliphatic carbocycles. The third kappa shape index (κ3) is 3.58. The lowest BCUT2D eigenvalue weighted by Gasteiger charge is -2.08. The molecule has 0 heterocycles. The molecule has 0 unspecified atom stereocenters. The van der Waals surface area contributed by atoms with Crippen molar-refractivity contribution in [2.24, 2.45) is 0 Å². The molecule has 0 saturated heterocycles. The van der Waals surface area contributed by atoms with Crippen molar-refractivity contribution >= 4 is 11.6 Å². The SMILES string of the molecule is CC=CC(=O)Nc1cccc(C(C)C)c1. The van der Waals surface area contributed by atoms with E-state index in [-0.39, 0.29) is 5.91 Å². The highest BCUT2D eigenvalue weighted by atomic mass is 16.1. The Labute approximate surface area is 91.0 Å². The van der Waals surface area contributed by atoms with E-state index in [2.05, 4.69) is 25.2 Å². The molecule has 1 rings (SSSR count). The number of anilines is 1. The fourth-order valence-electron chi connectivity index (χ4n) is 1.31. The summed E-state index contributed by atoms with van der Waals surface area (Å²) in [4.78, 5) is 11.3. The highest BCUT2D eigenvalue weighted by molar-refractivity contribution is 5.99. The number of rotatable bonds is 3. The first-order valence-electron chi connectivity index (χ1n) is 5.17. The average Bonchev–Trinajstić information content (AvgIpc) is 2.18. The van der Waals surface area contributed by atoms with Crippen LogP contribution < -0.4 is 5.32 Å². The van der Waals surface area contributed by atoms with E-state index in [0.29, 0.717) is 5.92 Å². The predicted octanol–water partition coefficient (Wildman–Crippen LogP) is 3.32. The van der Waals surface area contributed by atoms with Crippen molar-refractivity contribution in [3.63, 3.8) is 0 Å². The maximum Gasteiger partial charge on any atom is 0.248 e. The minimum absolute atomic E-state index is 0.0848. The Morgan fingerprint density at radius 1 is 1.40 bits per heavy atom. The summed E-state index contributed by atoms with van der Waals surface area (Å²) in [5.74, 6) is 0.391. The van der Waals surface area contributed by atoms with Crippen LogP contribution in [0.3, 0.4) is 0 Å². The van der Waals surface area contributed by atoms with Gasteiger partial charge in [-0.25, -0.2) is 0 Å². The van der Waals surface area contributed by atoms with Gasteiger partial charge in [-0.1, -0.05) is 32.1 Å². The van der Waals surface area contributed by atoms with Crippen LogP contribution in [0.2, 0.25) is 0 Å². The monoisotopic (exact) mass is 203 g/mol. The van der Waals surface area contributed by atoms with Gasteiger partial charge in [0, 0.05) is 5.69 Å². The molecule has 0 radical (unpaired) electrons. The van der Waals surface area contributed by atoms with Crippen molar-refractivity contribution in [2.75, 3.05) is 5.32 Å². The molecular weight excluding hydrogens is 186 g/mol. The lowest BCUT2D eigenvalue weighted by Crippen LogP contribution is -2.07. The van der Waals surface area contributed by atoms with Gasteiger partial charge in [0.25, 0.3) is 0 Å². The Morgan fingerprint density at radius 2 is 2.13 bits per heavy atom. The highest BCUT2D eigenvalue weighted by Gasteiger charge is 2.01. The molecule has 80 valence electrons. The Hall–Kier alpha value is -1.57. The standard InChI is InChI=1S/C13H17NO/c1-4-6-13(15)14-12-8-5-7-11(9-12)10(2)3/h4-10H,1-3H3,(H,14,15). The minimum atomic E-state index is -0.0848. The van der Waals surface area contributed by atoms with Gasteiger partial charge in [0.05, 0.1) is 0 Å². The zero-order valence-electron chi connectivity index (χ0n) is 9.45. The number of benzene rings is 1. The number of carbonyl (C=O) groups excluding carboxylic acids is 1. The molecule has 0 aromatic heterocycles. The number of amides is 1. The Kier molecular flexibility index (Phi) is 4.10. The molecule has 0 aliphatic rings. The summed E-state index contributed by atoms with van der Waals surface area (Å²) in [6, 6.07) is 7.93. The van der Waals surface area contributed by atoms with Gasteiger partial charge >= 0.3 is 0 Å². The van der Waals surface area contributed by atoms with Crippen molar-refractivity contribution < 1.29 is 4.79 Å². The molecular formula is C13H17NO. The lowest BCUT2D eigenvalue weighted by atomic mass is 10.0. The van der Waals surface area contributed by atoms with Crippen molar-refractivity contribution in [1.29, 1.82) is 0 Å². The molecule has 1 amide bonds. The second-order valence-electron chi connectivity index (χ2n) is 3.77. The fourth-order valence-corrected chi connectivity index (χ4v) is 1.31. The van der Waals surface area contributed by atoms with E-state index in [4.69, 9.17) is 0 Å². The first kappa shape index (κ1) is 11.5. The summed E-state index contributed by atoms with van der Waals surface area (Å²) in [6.45, 7) is 6.09. The van der Waals surface area contributed by atoms with Gasteiger partial charge < -0.3 is 5.32 Å². The van der Waals surface area contributed by atoms with Crippen molar-refractivity contribution in [3.8, 4) is 0 Å². The average molecular weight is 203 g/mol. The van der Waals surface area contributed by atoms with Crippen molar-refractivity contribution in [1.82, 2.24) is 0 Å². The summed E-state index contributed by atoms with van der Waals surface area (Å²) in [5.41, 5.74) is 2.08. The van der Waals surface area contributed by atoms with Gasteiger partial charge in [-0.3, -0.25) is 4.79 Å². The van der Waals surface area contributed by atoms with Crippen molar-refractivity contribution in [2.45, 2.75) is 26.7 Å². The first-order valence-corrected chi connectivity index (χ1v) is 5.17. The fraction of sp³-hybridized carbons (Fsp3) is 0.308. The summed E-state index contributed by atoms with van der Waals surface area (Å²) >= 11 is 0. The molecule has 2 nitrogen and oxygen atoms in total. The van der Waals surface area contributed by atoms with Gasteiger partial charge in [-0.2, -0.15) is 0 Å². The van der Waals surface area contributed by atoms with Crippen LogP contribution in [0.1, 0.15) is 32.3 Å². The van der Waals surface area contributed by atoms with Crippen molar-refractivity contribution in [3.05, 3.63) is 42.0 Å². The molecule has 1 aromatic carbocycles. The number of nitrogens with one attached hydrogen (secondary N) is 1. The van der Waals surface area contributed by atoms with E-state index in [9.17, 15) is 4.79 Å². The quantitative estimate of drug-likeness (QED) is 0.750. The smallest absolute Gasteiger partial charge is 0.248 e. The van der Waals surface area contributed by atoms with E-state index < -0.39 is 0 Å². The molecule has 0 aliphatic heterocycles. The molecule has 0 atom stereocenters. The van der Waals surface area contributed by atoms with E-state index >= 15 is 0 Å². The second kappa shape index (κ2) is 5.35. The van der Waals surface area contributed by atoms with Crippen LogP contribution in [0.25, 0.3) is 0 Å². The van der Waals surface area contributed by atoms with Gasteiger partial charge in [-0.15, -0.1) is 0 Å². The van der Waals surface area contributed by atoms with Crippen LogP contribution in [-0.4, -0.2) is 5.91 Å². The number of hydrogen-bond donors (Lipinski definition) is 1. The molecule has 0 fully saturated rings. The normalized spacial score (nSPS) is 10.9. The van der Waals surface area contributed by atoms with Crippen LogP contribution in [0.5, 0.6) is 0 Å². The predicted molar refractivity (Wildman–Crippen MR) is 64.0 cm³/mol. The maximum absolute atomic E-state index is 11.3. The van der Waals surface area contributed by atoms with Gasteiger partial charge in [-0.05, 0) is 36.6 Å². The van der Waals surface area contributed by atoms with Gasteiger partial charge in [0.15, 0.2) is 0 Å². The summed E-state index contributed by atoms with van der Waals surface area (Å²) < 4.78 is 0. The highest BCUT2D eigenvalue weighted by Crippen LogP contribution is 2.18. The van der Waals surface area contributed by atoms with Gasteiger partial charge in [0.2, 0.25) is 5.91 Å². The zero-order valence-corrected chi connectivity index (χ0v) is 9.45. The van der Waals surface area contributed by atoms with Crippen LogP contribution in [0.15, 0.2) is 36.4 Å². The van der Waals surface area contributed by atoms with E-state index in [0.717, 1.165) is 5.69 Å². The third-order valence-corrected chi connectivity index (χ3v) is 2.14. The number of carbonyl (C=O) groups is 1. The van der Waals surface area contributed by atoms with E-state index in [1.807, 2.05) is 25.1 Å². The summed E-state index contributed by atoms with van der Waals surface area (Å²) in [5, 5.41) is 2.81. The molecule has 0 bridgehead atoms. The largest absolute Gasteiger partial charge is 0.323 e. The minimum Gasteiger partial charge on any atom is -0.323 e.